The average molecular weight is 500 g/mol. The van der Waals surface area contributed by atoms with Crippen molar-refractivity contribution in [1.82, 2.24) is 10.3 Å². The van der Waals surface area contributed by atoms with Gasteiger partial charge in [-0.2, -0.15) is 13.2 Å². The van der Waals surface area contributed by atoms with E-state index in [4.69, 9.17) is 0 Å². The van der Waals surface area contributed by atoms with Crippen LogP contribution in [0.2, 0.25) is 0 Å². The van der Waals surface area contributed by atoms with Crippen LogP contribution in [-0.4, -0.2) is 24.0 Å². The summed E-state index contributed by atoms with van der Waals surface area (Å²) >= 11 is 0. The summed E-state index contributed by atoms with van der Waals surface area (Å²) in [4.78, 5) is 19.0. The number of rotatable bonds is 10. The molecule has 190 valence electrons. The molecule has 1 aliphatic carbocycles. The van der Waals surface area contributed by atoms with Crippen LogP contribution in [-0.2, 0) is 17.4 Å². The van der Waals surface area contributed by atoms with Crippen LogP contribution in [0.3, 0.4) is 0 Å². The lowest BCUT2D eigenvalue weighted by atomic mass is 10.0. The molecule has 1 aromatic heterocycles. The molecular weight excluding hydrogens is 470 g/mol. The molecule has 0 bridgehead atoms. The molecule has 1 aliphatic rings. The van der Waals surface area contributed by atoms with Gasteiger partial charge in [-0.05, 0) is 79.5 Å². The van der Waals surface area contributed by atoms with Gasteiger partial charge in [0.05, 0.1) is 0 Å². The Morgan fingerprint density at radius 2 is 1.86 bits per heavy atom. The number of benzene rings is 2. The van der Waals surface area contributed by atoms with Crippen molar-refractivity contribution in [3.05, 3.63) is 95.1 Å². The topological polar surface area (TPSA) is 45.2 Å². The summed E-state index contributed by atoms with van der Waals surface area (Å²) < 4.78 is 52.6. The first-order valence-corrected chi connectivity index (χ1v) is 12.1. The molecule has 0 aliphatic heterocycles. The van der Waals surface area contributed by atoms with Crippen molar-refractivity contribution in [2.75, 3.05) is 18.0 Å². The lowest BCUT2D eigenvalue weighted by Crippen LogP contribution is -2.42. The van der Waals surface area contributed by atoms with Crippen molar-refractivity contribution < 1.29 is 22.4 Å². The fourth-order valence-electron chi connectivity index (χ4n) is 4.18. The Hall–Kier alpha value is -3.42. The van der Waals surface area contributed by atoms with E-state index < -0.39 is 17.9 Å². The summed E-state index contributed by atoms with van der Waals surface area (Å²) in [6, 6.07) is 16.0. The molecule has 1 amide bonds. The van der Waals surface area contributed by atoms with Crippen LogP contribution in [0, 0.1) is 18.7 Å². The number of hydrogen-bond acceptors (Lipinski definition) is 3. The van der Waals surface area contributed by atoms with Crippen molar-refractivity contribution in [2.24, 2.45) is 5.92 Å². The average Bonchev–Trinajstić information content (AvgIpc) is 3.69. The van der Waals surface area contributed by atoms with Crippen molar-refractivity contribution in [1.29, 1.82) is 0 Å². The van der Waals surface area contributed by atoms with Gasteiger partial charge < -0.3 is 10.2 Å². The second-order valence-corrected chi connectivity index (χ2v) is 9.28. The SMILES string of the molecule is Cc1cc(N(CCCc2ccc(C(F)(F)F)nc2)[C@@H](C(=O)NCC2CC2)c2ccccc2)ccc1F. The third-order valence-electron chi connectivity index (χ3n) is 6.39. The number of amides is 1. The third kappa shape index (κ3) is 6.62. The van der Waals surface area contributed by atoms with E-state index in [2.05, 4.69) is 10.3 Å². The second-order valence-electron chi connectivity index (χ2n) is 9.28. The number of aryl methyl sites for hydroxylation is 2. The predicted molar refractivity (Wildman–Crippen MR) is 131 cm³/mol. The van der Waals surface area contributed by atoms with Gasteiger partial charge in [-0.15, -0.1) is 0 Å². The maximum absolute atomic E-state index is 14.1. The van der Waals surface area contributed by atoms with Crippen molar-refractivity contribution in [2.45, 2.75) is 44.8 Å². The van der Waals surface area contributed by atoms with Gasteiger partial charge in [0.15, 0.2) is 0 Å². The molecule has 0 radical (unpaired) electrons. The fourth-order valence-corrected chi connectivity index (χ4v) is 4.18. The summed E-state index contributed by atoms with van der Waals surface area (Å²) in [6.07, 6.45) is 0.0189. The standard InChI is InChI=1S/C28H29F4N3O/c1-19-16-23(12-13-24(19)29)35(15-5-6-20-11-14-25(33-17-20)28(30,31)32)26(22-7-3-2-4-8-22)27(36)34-18-21-9-10-21/h2-4,7-8,11-14,16-17,21,26H,5-6,9-10,15,18H2,1H3,(H,34,36)/t26-/m1/s1. The molecule has 4 nitrogen and oxygen atoms in total. The monoisotopic (exact) mass is 499 g/mol. The van der Waals surface area contributed by atoms with E-state index in [1.807, 2.05) is 35.2 Å². The number of anilines is 1. The van der Waals surface area contributed by atoms with Crippen molar-refractivity contribution >= 4 is 11.6 Å². The molecule has 1 atom stereocenters. The van der Waals surface area contributed by atoms with Gasteiger partial charge in [0.25, 0.3) is 0 Å². The molecule has 8 heteroatoms. The Labute approximate surface area is 208 Å². The van der Waals surface area contributed by atoms with E-state index in [-0.39, 0.29) is 11.7 Å². The second kappa shape index (κ2) is 11.1. The number of aromatic nitrogens is 1. The molecule has 1 saturated carbocycles. The number of halogens is 4. The van der Waals surface area contributed by atoms with Crippen LogP contribution in [0.15, 0.2) is 66.9 Å². The summed E-state index contributed by atoms with van der Waals surface area (Å²) in [6.45, 7) is 2.73. The number of hydrogen-bond donors (Lipinski definition) is 1. The summed E-state index contributed by atoms with van der Waals surface area (Å²) in [5.41, 5.74) is 1.73. The van der Waals surface area contributed by atoms with E-state index in [0.717, 1.165) is 24.5 Å². The Bertz CT molecular complexity index is 1160. The van der Waals surface area contributed by atoms with Crippen LogP contribution in [0.4, 0.5) is 23.2 Å². The summed E-state index contributed by atoms with van der Waals surface area (Å²) in [5, 5.41) is 3.08. The number of carbonyl (C=O) groups excluding carboxylic acids is 1. The lowest BCUT2D eigenvalue weighted by molar-refractivity contribution is -0.141. The van der Waals surface area contributed by atoms with Crippen LogP contribution >= 0.6 is 0 Å². The normalized spacial score (nSPS) is 14.4. The van der Waals surface area contributed by atoms with Crippen LogP contribution in [0.5, 0.6) is 0 Å². The molecule has 0 saturated heterocycles. The highest BCUT2D eigenvalue weighted by atomic mass is 19.4. The Balaban J connectivity index is 1.58. The smallest absolute Gasteiger partial charge is 0.356 e. The van der Waals surface area contributed by atoms with Crippen molar-refractivity contribution in [3.8, 4) is 0 Å². The number of alkyl halides is 3. The Morgan fingerprint density at radius 3 is 2.47 bits per heavy atom. The Morgan fingerprint density at radius 1 is 1.11 bits per heavy atom. The number of nitrogens with zero attached hydrogens (tertiary/aromatic N) is 2. The van der Waals surface area contributed by atoms with Gasteiger partial charge in [-0.25, -0.2) is 4.39 Å². The minimum Gasteiger partial charge on any atom is -0.356 e. The first-order valence-electron chi connectivity index (χ1n) is 12.1. The maximum Gasteiger partial charge on any atom is 0.433 e. The van der Waals surface area contributed by atoms with Gasteiger partial charge in [0.1, 0.15) is 17.6 Å². The molecule has 0 unspecified atom stereocenters. The van der Waals surface area contributed by atoms with E-state index in [1.165, 1.54) is 18.3 Å². The molecule has 0 spiro atoms. The quantitative estimate of drug-likeness (QED) is 0.335. The first kappa shape index (κ1) is 25.7. The molecule has 1 N–H and O–H groups in total. The van der Waals surface area contributed by atoms with Crippen LogP contribution in [0.25, 0.3) is 0 Å². The molecule has 3 aromatic rings. The molecule has 36 heavy (non-hydrogen) atoms. The van der Waals surface area contributed by atoms with Crippen molar-refractivity contribution in [3.63, 3.8) is 0 Å². The van der Waals surface area contributed by atoms with Gasteiger partial charge in [-0.1, -0.05) is 36.4 Å². The minimum absolute atomic E-state index is 0.133. The van der Waals surface area contributed by atoms with Crippen LogP contribution in [0.1, 0.15) is 47.7 Å². The molecule has 2 aromatic carbocycles. The highest BCUT2D eigenvalue weighted by Gasteiger charge is 2.32. The summed E-state index contributed by atoms with van der Waals surface area (Å²) in [7, 11) is 0. The predicted octanol–water partition coefficient (Wildman–Crippen LogP) is 6.25. The molecule has 1 fully saturated rings. The zero-order valence-corrected chi connectivity index (χ0v) is 20.1. The summed E-state index contributed by atoms with van der Waals surface area (Å²) in [5.74, 6) is 0.0503. The maximum atomic E-state index is 14.1. The zero-order chi connectivity index (χ0) is 25.7. The Kier molecular flexibility index (Phi) is 7.91. The lowest BCUT2D eigenvalue weighted by Gasteiger charge is -2.33. The molecule has 4 rings (SSSR count). The van der Waals surface area contributed by atoms with Gasteiger partial charge >= 0.3 is 6.18 Å². The molecule has 1 heterocycles. The largest absolute Gasteiger partial charge is 0.433 e. The third-order valence-corrected chi connectivity index (χ3v) is 6.39. The number of pyridine rings is 1. The fraction of sp³-hybridized carbons (Fsp3) is 0.357. The van der Waals surface area contributed by atoms with Gasteiger partial charge in [0, 0.05) is 25.0 Å². The van der Waals surface area contributed by atoms with E-state index >= 15 is 0 Å². The van der Waals surface area contributed by atoms with Gasteiger partial charge in [0.2, 0.25) is 5.91 Å². The van der Waals surface area contributed by atoms with E-state index in [0.29, 0.717) is 48.7 Å². The van der Waals surface area contributed by atoms with E-state index in [9.17, 15) is 22.4 Å². The highest BCUT2D eigenvalue weighted by molar-refractivity contribution is 5.86. The highest BCUT2D eigenvalue weighted by Crippen LogP contribution is 2.32. The number of carbonyl (C=O) groups is 1. The molecular formula is C28H29F4N3O. The van der Waals surface area contributed by atoms with Gasteiger partial charge in [-0.3, -0.25) is 9.78 Å². The number of nitrogens with one attached hydrogen (secondary N) is 1. The van der Waals surface area contributed by atoms with Crippen LogP contribution < -0.4 is 10.2 Å². The minimum atomic E-state index is -4.48. The van der Waals surface area contributed by atoms with E-state index in [1.54, 1.807) is 19.1 Å². The zero-order valence-electron chi connectivity index (χ0n) is 20.1. The first-order chi connectivity index (χ1) is 17.2.